The lowest BCUT2D eigenvalue weighted by Crippen LogP contribution is -2.18. The molecule has 4 heterocycles. The normalized spacial score (nSPS) is 17.9. The molecule has 4 aromatic heterocycles. The third-order valence-corrected chi connectivity index (χ3v) is 5.94. The summed E-state index contributed by atoms with van der Waals surface area (Å²) in [5.41, 5.74) is 4.39. The van der Waals surface area contributed by atoms with Crippen molar-refractivity contribution in [2.45, 2.75) is 45.6 Å². The summed E-state index contributed by atoms with van der Waals surface area (Å²) in [4.78, 5) is 25.3. The highest BCUT2D eigenvalue weighted by Crippen LogP contribution is 2.49. The van der Waals surface area contributed by atoms with E-state index in [-0.39, 0.29) is 5.82 Å². The number of amides is 1. The number of nitrogens with one attached hydrogen (secondary N) is 1. The van der Waals surface area contributed by atoms with Gasteiger partial charge in [0.1, 0.15) is 17.6 Å². The van der Waals surface area contributed by atoms with E-state index in [4.69, 9.17) is 0 Å². The van der Waals surface area contributed by atoms with Crippen molar-refractivity contribution in [2.24, 2.45) is 5.92 Å². The number of halogens is 2. The summed E-state index contributed by atoms with van der Waals surface area (Å²) < 4.78 is 28.1. The zero-order valence-corrected chi connectivity index (χ0v) is 18.3. The molecule has 0 aliphatic heterocycles. The van der Waals surface area contributed by atoms with Crippen LogP contribution in [0.1, 0.15) is 43.0 Å². The third-order valence-electron chi connectivity index (χ3n) is 5.94. The van der Waals surface area contributed by atoms with Crippen LogP contribution in [-0.2, 0) is 4.79 Å². The van der Waals surface area contributed by atoms with Gasteiger partial charge in [0.2, 0.25) is 5.91 Å². The molecule has 10 heteroatoms. The Morgan fingerprint density at radius 3 is 2.67 bits per heavy atom. The average molecular weight is 452 g/mol. The lowest BCUT2D eigenvalue weighted by atomic mass is 10.0. The predicted octanol–water partition coefficient (Wildman–Crippen LogP) is 3.99. The van der Waals surface area contributed by atoms with Crippen molar-refractivity contribution in [1.29, 1.82) is 0 Å². The summed E-state index contributed by atoms with van der Waals surface area (Å²) in [6.07, 6.45) is 2.78. The zero-order chi connectivity index (χ0) is 23.5. The minimum absolute atomic E-state index is 0.174. The van der Waals surface area contributed by atoms with Gasteiger partial charge in [0.05, 0.1) is 17.3 Å². The van der Waals surface area contributed by atoms with Crippen LogP contribution in [-0.4, -0.2) is 41.5 Å². The largest absolute Gasteiger partial charge is 0.387 e. The second-order valence-electron chi connectivity index (χ2n) is 8.44. The lowest BCUT2D eigenvalue weighted by Gasteiger charge is -2.13. The number of carbonyl (C=O) groups excluding carboxylic acids is 1. The van der Waals surface area contributed by atoms with Crippen molar-refractivity contribution >= 4 is 28.3 Å². The van der Waals surface area contributed by atoms with Crippen LogP contribution < -0.4 is 5.32 Å². The summed E-state index contributed by atoms with van der Waals surface area (Å²) in [5, 5.41) is 17.8. The van der Waals surface area contributed by atoms with E-state index >= 15 is 0 Å². The minimum Gasteiger partial charge on any atom is -0.387 e. The van der Waals surface area contributed by atoms with Gasteiger partial charge < -0.3 is 10.4 Å². The van der Waals surface area contributed by atoms with E-state index in [2.05, 4.69) is 25.4 Å². The molecule has 1 amide bonds. The summed E-state index contributed by atoms with van der Waals surface area (Å²) in [6, 6.07) is 5.37. The maximum absolute atomic E-state index is 13.2. The maximum Gasteiger partial charge on any atom is 0.260 e. The molecule has 4 aromatic rings. The third kappa shape index (κ3) is 3.70. The molecule has 33 heavy (non-hydrogen) atoms. The summed E-state index contributed by atoms with van der Waals surface area (Å²) in [7, 11) is 0. The molecule has 0 saturated heterocycles. The first-order valence-electron chi connectivity index (χ1n) is 10.7. The number of carbonyl (C=O) groups is 1. The molecule has 2 N–H and O–H groups in total. The van der Waals surface area contributed by atoms with Gasteiger partial charge in [-0.2, -0.15) is 5.10 Å². The number of hydrogen-bond donors (Lipinski definition) is 2. The molecule has 1 aliphatic rings. The first kappa shape index (κ1) is 21.3. The highest BCUT2D eigenvalue weighted by atomic mass is 19.3. The highest BCUT2D eigenvalue weighted by molar-refractivity contribution is 5.97. The van der Waals surface area contributed by atoms with Gasteiger partial charge in [-0.05, 0) is 38.0 Å². The number of anilines is 1. The van der Waals surface area contributed by atoms with Crippen LogP contribution in [0, 0.1) is 19.8 Å². The van der Waals surface area contributed by atoms with Crippen molar-refractivity contribution in [3.8, 4) is 11.1 Å². The summed E-state index contributed by atoms with van der Waals surface area (Å²) in [6.45, 7) is 5.60. The molecule has 1 saturated carbocycles. The van der Waals surface area contributed by atoms with Crippen molar-refractivity contribution in [3.63, 3.8) is 0 Å². The number of alkyl halides is 2. The molecule has 2 atom stereocenters. The molecule has 170 valence electrons. The van der Waals surface area contributed by atoms with Crippen LogP contribution in [0.25, 0.3) is 27.7 Å². The molecule has 0 aromatic carbocycles. The Morgan fingerprint density at radius 1 is 1.24 bits per heavy atom. The Hall–Kier alpha value is -3.53. The summed E-state index contributed by atoms with van der Waals surface area (Å²) >= 11 is 0. The molecule has 1 fully saturated rings. The number of nitrogens with zero attached hydrogens (tertiary/aromatic N) is 5. The molecule has 0 spiro atoms. The first-order chi connectivity index (χ1) is 15.7. The van der Waals surface area contributed by atoms with E-state index in [1.54, 1.807) is 29.9 Å². The number of aliphatic hydroxyl groups excluding tert-OH is 1. The molecule has 5 rings (SSSR count). The van der Waals surface area contributed by atoms with E-state index < -0.39 is 30.3 Å². The Balaban J connectivity index is 1.59. The fourth-order valence-electron chi connectivity index (χ4n) is 3.96. The Kier molecular flexibility index (Phi) is 4.86. The summed E-state index contributed by atoms with van der Waals surface area (Å²) in [5.74, 6) is -4.28. The second-order valence-corrected chi connectivity index (χ2v) is 8.44. The van der Waals surface area contributed by atoms with Gasteiger partial charge in [-0.1, -0.05) is 6.92 Å². The van der Waals surface area contributed by atoms with Crippen LogP contribution in [0.3, 0.4) is 0 Å². The Bertz CT molecular complexity index is 1420. The quantitative estimate of drug-likeness (QED) is 0.474. The van der Waals surface area contributed by atoms with E-state index in [1.807, 2.05) is 26.0 Å². The monoisotopic (exact) mass is 452 g/mol. The van der Waals surface area contributed by atoms with Crippen LogP contribution in [0.5, 0.6) is 0 Å². The zero-order valence-electron chi connectivity index (χ0n) is 18.3. The number of aromatic nitrogens is 5. The number of aryl methyl sites for hydroxylation is 2. The fraction of sp³-hybridized carbons (Fsp3) is 0.348. The number of hydrogen-bond acceptors (Lipinski definition) is 6. The van der Waals surface area contributed by atoms with Gasteiger partial charge >= 0.3 is 0 Å². The second kappa shape index (κ2) is 7.51. The highest BCUT2D eigenvalue weighted by Gasteiger charge is 2.61. The smallest absolute Gasteiger partial charge is 0.260 e. The first-order valence-corrected chi connectivity index (χ1v) is 10.7. The van der Waals surface area contributed by atoms with Crippen LogP contribution in [0.2, 0.25) is 0 Å². The Morgan fingerprint density at radius 2 is 2.00 bits per heavy atom. The Labute approximate surface area is 187 Å². The fourth-order valence-corrected chi connectivity index (χ4v) is 3.96. The molecule has 0 bridgehead atoms. The molecular weight excluding hydrogens is 430 g/mol. The maximum atomic E-state index is 13.2. The lowest BCUT2D eigenvalue weighted by molar-refractivity contribution is -0.119. The van der Waals surface area contributed by atoms with Crippen LogP contribution in [0.4, 0.5) is 14.6 Å². The van der Waals surface area contributed by atoms with Gasteiger partial charge in [0, 0.05) is 41.4 Å². The van der Waals surface area contributed by atoms with Gasteiger partial charge in [-0.3, -0.25) is 9.78 Å². The molecule has 8 nitrogen and oxygen atoms in total. The standard InChI is InChI=1S/C23H22F2N6O2/c1-4-19(32)17-5-11(2)15(10-26-17)14-6-13-9-27-20(29-22(33)16-8-23(16,24)25)7-18(13)31-21(14)28-12(3)30-31/h5-7,9-10,16,19,32H,4,8H2,1-3H3,(H,27,29,33)/t16?,19-/m1/s1. The molecule has 1 aliphatic carbocycles. The van der Waals surface area contributed by atoms with Crippen molar-refractivity contribution in [1.82, 2.24) is 24.6 Å². The SMILES string of the molecule is CC[C@@H](O)c1cc(C)c(-c2cc3cnc(NC(=O)C4CC4(F)F)cc3n3nc(C)nc23)cn1. The van der Waals surface area contributed by atoms with Crippen molar-refractivity contribution < 1.29 is 18.7 Å². The van der Waals surface area contributed by atoms with Gasteiger partial charge in [-0.25, -0.2) is 23.3 Å². The number of rotatable bonds is 5. The number of aliphatic hydroxyl groups is 1. The topological polar surface area (TPSA) is 105 Å². The van der Waals surface area contributed by atoms with Crippen molar-refractivity contribution in [2.75, 3.05) is 5.32 Å². The van der Waals surface area contributed by atoms with Crippen LogP contribution >= 0.6 is 0 Å². The van der Waals surface area contributed by atoms with E-state index in [9.17, 15) is 18.7 Å². The van der Waals surface area contributed by atoms with E-state index in [1.165, 1.54) is 0 Å². The predicted molar refractivity (Wildman–Crippen MR) is 118 cm³/mol. The van der Waals surface area contributed by atoms with Gasteiger partial charge in [0.15, 0.2) is 5.65 Å². The van der Waals surface area contributed by atoms with Gasteiger partial charge in [-0.15, -0.1) is 0 Å². The van der Waals surface area contributed by atoms with E-state index in [0.717, 1.165) is 22.1 Å². The molecule has 0 radical (unpaired) electrons. The molecule has 1 unspecified atom stereocenters. The van der Waals surface area contributed by atoms with Crippen molar-refractivity contribution in [3.05, 3.63) is 47.7 Å². The minimum atomic E-state index is -2.94. The average Bonchev–Trinajstić information content (AvgIpc) is 3.24. The van der Waals surface area contributed by atoms with Crippen LogP contribution in [0.15, 0.2) is 30.6 Å². The number of pyridine rings is 3. The van der Waals surface area contributed by atoms with E-state index in [0.29, 0.717) is 29.1 Å². The molecular formula is C23H22F2N6O2. The number of fused-ring (bicyclic) bond motifs is 3. The van der Waals surface area contributed by atoms with Gasteiger partial charge in [0.25, 0.3) is 5.92 Å².